The molecule has 216 valence electrons. The SMILES string of the molecule is CCOC(=O)c1c(O)c2ccc(O[C@H]3CN(C(C)C)[C@@H](OC)[C@H](OC(=O)c4ccc(C)[nH]4)[C@@H]3O)c(C)c2oc1=O. The molecule has 0 aliphatic carbocycles. The molecule has 1 saturated heterocycles. The highest BCUT2D eigenvalue weighted by molar-refractivity contribution is 5.99. The number of aliphatic hydroxyl groups is 1. The van der Waals surface area contributed by atoms with Crippen LogP contribution in [0.4, 0.5) is 0 Å². The zero-order valence-electron chi connectivity index (χ0n) is 23.2. The number of carbonyl (C=O) groups is 2. The van der Waals surface area contributed by atoms with Crippen molar-refractivity contribution < 1.29 is 43.2 Å². The summed E-state index contributed by atoms with van der Waals surface area (Å²) in [6, 6.07) is 6.24. The summed E-state index contributed by atoms with van der Waals surface area (Å²) < 4.78 is 27.8. The average Bonchev–Trinajstić information content (AvgIpc) is 3.34. The number of hydrogen-bond acceptors (Lipinski definition) is 11. The van der Waals surface area contributed by atoms with Gasteiger partial charge in [0.1, 0.15) is 35.0 Å². The first-order valence-corrected chi connectivity index (χ1v) is 12.9. The van der Waals surface area contributed by atoms with Gasteiger partial charge in [0, 0.05) is 31.0 Å². The van der Waals surface area contributed by atoms with Crippen molar-refractivity contribution in [2.45, 2.75) is 65.2 Å². The molecule has 12 nitrogen and oxygen atoms in total. The van der Waals surface area contributed by atoms with Crippen LogP contribution in [0.25, 0.3) is 11.0 Å². The lowest BCUT2D eigenvalue weighted by atomic mass is 9.97. The lowest BCUT2D eigenvalue weighted by molar-refractivity contribution is -0.207. The second-order valence-corrected chi connectivity index (χ2v) is 9.89. The van der Waals surface area contributed by atoms with Crippen LogP contribution < -0.4 is 10.4 Å². The standard InChI is InChI=1S/C28H34N2O10/c1-7-37-27(34)20-21(31)16-9-11-18(15(5)23(16)39-28(20)35)38-19-12-30(13(2)3)25(36-6)24(22(19)32)40-26(33)17-10-8-14(4)29-17/h8-11,13,19,22,24-25,29,31-32H,7,12H2,1-6H3/t19-,22+,24+,25-/m0/s1. The highest BCUT2D eigenvalue weighted by atomic mass is 16.6. The Morgan fingerprint density at radius 3 is 2.50 bits per heavy atom. The van der Waals surface area contributed by atoms with Crippen LogP contribution in [0, 0.1) is 13.8 Å². The van der Waals surface area contributed by atoms with Gasteiger partial charge in [-0.05, 0) is 58.9 Å². The number of aromatic nitrogens is 1. The normalized spacial score (nSPS) is 21.5. The summed E-state index contributed by atoms with van der Waals surface area (Å²) in [5, 5.41) is 22.1. The quantitative estimate of drug-likeness (QED) is 0.275. The molecule has 4 atom stereocenters. The van der Waals surface area contributed by atoms with Crippen molar-refractivity contribution in [3.63, 3.8) is 0 Å². The van der Waals surface area contributed by atoms with E-state index in [1.165, 1.54) is 19.2 Å². The number of hydrogen-bond donors (Lipinski definition) is 3. The zero-order chi connectivity index (χ0) is 29.3. The van der Waals surface area contributed by atoms with E-state index >= 15 is 0 Å². The monoisotopic (exact) mass is 558 g/mol. The Kier molecular flexibility index (Phi) is 8.52. The number of aliphatic hydroxyl groups excluding tert-OH is 1. The maximum absolute atomic E-state index is 12.9. The van der Waals surface area contributed by atoms with Crippen molar-refractivity contribution in [1.82, 2.24) is 9.88 Å². The third-order valence-electron chi connectivity index (χ3n) is 6.92. The molecular weight excluding hydrogens is 524 g/mol. The van der Waals surface area contributed by atoms with E-state index in [2.05, 4.69) is 4.98 Å². The summed E-state index contributed by atoms with van der Waals surface area (Å²) in [6.07, 6.45) is -4.02. The largest absolute Gasteiger partial charge is 0.506 e. The number of nitrogens with zero attached hydrogens (tertiary/aromatic N) is 1. The lowest BCUT2D eigenvalue weighted by Gasteiger charge is -2.47. The van der Waals surface area contributed by atoms with E-state index < -0.39 is 53.4 Å². The van der Waals surface area contributed by atoms with Gasteiger partial charge in [-0.25, -0.2) is 14.4 Å². The van der Waals surface area contributed by atoms with Crippen molar-refractivity contribution in [2.24, 2.45) is 0 Å². The number of nitrogens with one attached hydrogen (secondary N) is 1. The molecule has 0 amide bonds. The summed E-state index contributed by atoms with van der Waals surface area (Å²) in [5.74, 6) is -1.94. The molecule has 12 heteroatoms. The van der Waals surface area contributed by atoms with E-state index in [1.54, 1.807) is 32.9 Å². The fourth-order valence-corrected chi connectivity index (χ4v) is 4.85. The summed E-state index contributed by atoms with van der Waals surface area (Å²) in [7, 11) is 1.47. The number of ether oxygens (including phenoxy) is 4. The number of carbonyl (C=O) groups excluding carboxylic acids is 2. The van der Waals surface area contributed by atoms with Crippen molar-refractivity contribution >= 4 is 22.9 Å². The molecule has 0 bridgehead atoms. The molecular formula is C28H34N2O10. The van der Waals surface area contributed by atoms with Crippen LogP contribution in [-0.4, -0.2) is 82.9 Å². The molecule has 4 rings (SSSR count). The minimum Gasteiger partial charge on any atom is -0.506 e. The molecule has 0 saturated carbocycles. The molecule has 3 N–H and O–H groups in total. The smallest absolute Gasteiger partial charge is 0.355 e. The van der Waals surface area contributed by atoms with E-state index in [4.69, 9.17) is 23.4 Å². The summed E-state index contributed by atoms with van der Waals surface area (Å²) in [4.78, 5) is 42.4. The van der Waals surface area contributed by atoms with Gasteiger partial charge in [-0.2, -0.15) is 0 Å². The first kappa shape index (κ1) is 29.1. The first-order chi connectivity index (χ1) is 19.0. The van der Waals surface area contributed by atoms with Crippen LogP contribution in [-0.2, 0) is 14.2 Å². The van der Waals surface area contributed by atoms with Gasteiger partial charge >= 0.3 is 17.6 Å². The van der Waals surface area contributed by atoms with Crippen molar-refractivity contribution in [3.8, 4) is 11.5 Å². The van der Waals surface area contributed by atoms with Crippen LogP contribution in [0.2, 0.25) is 0 Å². The Morgan fingerprint density at radius 1 is 1.18 bits per heavy atom. The fourth-order valence-electron chi connectivity index (χ4n) is 4.85. The maximum Gasteiger partial charge on any atom is 0.355 e. The molecule has 1 aliphatic rings. The number of fused-ring (bicyclic) bond motifs is 1. The van der Waals surface area contributed by atoms with Gasteiger partial charge in [-0.3, -0.25) is 4.90 Å². The summed E-state index contributed by atoms with van der Waals surface area (Å²) in [5.41, 5.74) is -0.261. The number of aromatic amines is 1. The van der Waals surface area contributed by atoms with E-state index in [9.17, 15) is 24.6 Å². The number of rotatable bonds is 8. The Bertz CT molecular complexity index is 1460. The number of aryl methyl sites for hydroxylation is 2. The first-order valence-electron chi connectivity index (χ1n) is 12.9. The average molecular weight is 559 g/mol. The van der Waals surface area contributed by atoms with Crippen LogP contribution >= 0.6 is 0 Å². The highest BCUT2D eigenvalue weighted by Gasteiger charge is 2.48. The Labute approximate surface area is 230 Å². The van der Waals surface area contributed by atoms with E-state index in [1.807, 2.05) is 18.7 Å². The van der Waals surface area contributed by atoms with Crippen LogP contribution in [0.3, 0.4) is 0 Å². The topological polar surface area (TPSA) is 161 Å². The second kappa shape index (κ2) is 11.7. The highest BCUT2D eigenvalue weighted by Crippen LogP contribution is 2.35. The predicted molar refractivity (Wildman–Crippen MR) is 143 cm³/mol. The fraction of sp³-hybridized carbons (Fsp3) is 0.464. The van der Waals surface area contributed by atoms with Crippen LogP contribution in [0.1, 0.15) is 52.9 Å². The van der Waals surface area contributed by atoms with Crippen molar-refractivity contribution in [1.29, 1.82) is 0 Å². The number of esters is 2. The van der Waals surface area contributed by atoms with Crippen LogP contribution in [0.5, 0.6) is 11.5 Å². The molecule has 3 aromatic rings. The van der Waals surface area contributed by atoms with Gasteiger partial charge in [0.2, 0.25) is 0 Å². The third-order valence-corrected chi connectivity index (χ3v) is 6.92. The minimum atomic E-state index is -1.29. The molecule has 0 unspecified atom stereocenters. The lowest BCUT2D eigenvalue weighted by Crippen LogP contribution is -2.65. The molecule has 3 heterocycles. The Hall–Kier alpha value is -3.87. The number of methoxy groups -OCH3 is 1. The predicted octanol–water partition coefficient (Wildman–Crippen LogP) is 2.65. The van der Waals surface area contributed by atoms with E-state index in [0.29, 0.717) is 5.56 Å². The number of piperidine rings is 1. The molecule has 1 aliphatic heterocycles. The third kappa shape index (κ3) is 5.42. The summed E-state index contributed by atoms with van der Waals surface area (Å²) in [6.45, 7) is 9.11. The molecule has 1 aromatic carbocycles. The number of benzene rings is 1. The molecule has 40 heavy (non-hydrogen) atoms. The molecule has 0 spiro atoms. The number of aromatic hydroxyl groups is 1. The van der Waals surface area contributed by atoms with Crippen molar-refractivity contribution in [2.75, 3.05) is 20.3 Å². The molecule has 1 fully saturated rings. The number of H-pyrrole nitrogens is 1. The van der Waals surface area contributed by atoms with Gasteiger partial charge in [0.25, 0.3) is 0 Å². The second-order valence-electron chi connectivity index (χ2n) is 9.89. The Balaban J connectivity index is 1.67. The maximum atomic E-state index is 12.9. The van der Waals surface area contributed by atoms with E-state index in [-0.39, 0.29) is 41.6 Å². The minimum absolute atomic E-state index is 0.0129. The molecule has 2 aromatic heterocycles. The van der Waals surface area contributed by atoms with Crippen LogP contribution in [0.15, 0.2) is 33.5 Å². The Morgan fingerprint density at radius 2 is 1.90 bits per heavy atom. The van der Waals surface area contributed by atoms with Gasteiger partial charge in [-0.15, -0.1) is 0 Å². The van der Waals surface area contributed by atoms with Gasteiger partial charge < -0.3 is 38.6 Å². The van der Waals surface area contributed by atoms with Gasteiger partial charge in [0.05, 0.1) is 12.0 Å². The van der Waals surface area contributed by atoms with Gasteiger partial charge in [-0.1, -0.05) is 0 Å². The van der Waals surface area contributed by atoms with Crippen molar-refractivity contribution in [3.05, 3.63) is 57.2 Å². The summed E-state index contributed by atoms with van der Waals surface area (Å²) >= 11 is 0. The van der Waals surface area contributed by atoms with E-state index in [0.717, 1.165) is 5.69 Å². The molecule has 0 radical (unpaired) electrons. The van der Waals surface area contributed by atoms with Gasteiger partial charge in [0.15, 0.2) is 17.9 Å². The zero-order valence-corrected chi connectivity index (χ0v) is 23.2. The number of likely N-dealkylation sites (tertiary alicyclic amines) is 1.